The summed E-state index contributed by atoms with van der Waals surface area (Å²) in [7, 11) is 0. The van der Waals surface area contributed by atoms with Gasteiger partial charge in [0, 0.05) is 0 Å². The molecule has 0 amide bonds. The van der Waals surface area contributed by atoms with E-state index in [0.29, 0.717) is 6.61 Å². The summed E-state index contributed by atoms with van der Waals surface area (Å²) < 4.78 is 5.14. The first-order valence-electron chi connectivity index (χ1n) is 9.71. The number of aliphatic hydroxyl groups is 4. The third-order valence-corrected chi connectivity index (χ3v) is 5.38. The van der Waals surface area contributed by atoms with E-state index in [1.165, 1.54) is 25.7 Å². The number of aliphatic carboxylic acids is 1. The quantitative estimate of drug-likeness (QED) is 0.194. The number of hydrogen-bond acceptors (Lipinski definition) is 8. The number of unbranched alkanes of at least 4 members (excludes halogenated alkanes) is 5. The van der Waals surface area contributed by atoms with Gasteiger partial charge in [-0.05, 0) is 20.3 Å². The van der Waals surface area contributed by atoms with Crippen molar-refractivity contribution in [3.63, 3.8) is 0 Å². The minimum Gasteiger partial charge on any atom is -0.480 e. The van der Waals surface area contributed by atoms with Gasteiger partial charge in [0.2, 0.25) is 0 Å². The molecule has 0 rings (SSSR count). The molecule has 0 aromatic carbocycles. The number of carboxylic acids is 1. The normalized spacial score (nSPS) is 13.2. The predicted octanol–water partition coefficient (Wildman–Crippen LogP) is 1.43. The maximum absolute atomic E-state index is 11.6. The molecule has 0 aromatic heterocycles. The van der Waals surface area contributed by atoms with Gasteiger partial charge in [0.05, 0.1) is 38.4 Å². The Kier molecular flexibility index (Phi) is 19.0. The van der Waals surface area contributed by atoms with Crippen LogP contribution in [0, 0.1) is 5.41 Å². The number of thioether (sulfide) groups is 1. The van der Waals surface area contributed by atoms with Crippen molar-refractivity contribution in [1.82, 2.24) is 0 Å². The topological polar surface area (TPSA) is 145 Å². The fourth-order valence-electron chi connectivity index (χ4n) is 1.89. The molecular weight excluding hydrogens is 388 g/mol. The van der Waals surface area contributed by atoms with E-state index in [2.05, 4.69) is 6.92 Å². The van der Waals surface area contributed by atoms with Crippen LogP contribution in [0.25, 0.3) is 0 Å². The van der Waals surface area contributed by atoms with Crippen LogP contribution < -0.4 is 0 Å². The predicted molar refractivity (Wildman–Crippen MR) is 109 cm³/mol. The van der Waals surface area contributed by atoms with Crippen molar-refractivity contribution in [2.24, 2.45) is 5.41 Å². The molecule has 0 radical (unpaired) electrons. The Labute approximate surface area is 172 Å². The summed E-state index contributed by atoms with van der Waals surface area (Å²) in [5.74, 6) is -1.22. The summed E-state index contributed by atoms with van der Waals surface area (Å²) in [6, 6.07) is 0. The standard InChI is InChI=1S/C14H26O4S.C5H12O4/c1-4-5-6-7-8-9-10-18-14(17)12(3)19-11(2)13(15)16;6-1-5(2-7,3-8)4-9/h11-12H,4-10H2,1-3H3,(H,15,16);6-9H,1-4H2. The average molecular weight is 427 g/mol. The van der Waals surface area contributed by atoms with Crippen molar-refractivity contribution < 1.29 is 39.9 Å². The molecule has 168 valence electrons. The van der Waals surface area contributed by atoms with Crippen molar-refractivity contribution in [3.05, 3.63) is 0 Å². The molecule has 0 fully saturated rings. The van der Waals surface area contributed by atoms with Gasteiger partial charge in [-0.1, -0.05) is 39.0 Å². The summed E-state index contributed by atoms with van der Waals surface area (Å²) in [6.45, 7) is 4.26. The van der Waals surface area contributed by atoms with Crippen molar-refractivity contribution >= 4 is 23.7 Å². The van der Waals surface area contributed by atoms with Gasteiger partial charge in [0.1, 0.15) is 10.5 Å². The van der Waals surface area contributed by atoms with Gasteiger partial charge in [-0.3, -0.25) is 9.59 Å². The minimum absolute atomic E-state index is 0.313. The number of ether oxygens (including phenoxy) is 1. The van der Waals surface area contributed by atoms with Crippen LogP contribution in [0.2, 0.25) is 0 Å². The second-order valence-electron chi connectivity index (χ2n) is 6.83. The van der Waals surface area contributed by atoms with Gasteiger partial charge in [0.15, 0.2) is 0 Å². The lowest BCUT2D eigenvalue weighted by Crippen LogP contribution is -2.37. The average Bonchev–Trinajstić information content (AvgIpc) is 2.69. The summed E-state index contributed by atoms with van der Waals surface area (Å²) in [5.41, 5.74) is -1.11. The van der Waals surface area contributed by atoms with Crippen LogP contribution in [-0.4, -0.2) is 81.0 Å². The number of carbonyl (C=O) groups is 2. The molecule has 0 saturated heterocycles. The fraction of sp³-hybridized carbons (Fsp3) is 0.895. The Balaban J connectivity index is 0. The zero-order valence-corrected chi connectivity index (χ0v) is 18.1. The third-order valence-electron chi connectivity index (χ3n) is 4.17. The first-order chi connectivity index (χ1) is 13.2. The molecule has 0 aliphatic heterocycles. The van der Waals surface area contributed by atoms with Crippen molar-refractivity contribution in [2.75, 3.05) is 33.0 Å². The Bertz CT molecular complexity index is 384. The summed E-state index contributed by atoms with van der Waals surface area (Å²) >= 11 is 1.12. The molecule has 0 aromatic rings. The molecule has 0 heterocycles. The minimum atomic E-state index is -1.11. The maximum Gasteiger partial charge on any atom is 0.318 e. The summed E-state index contributed by atoms with van der Waals surface area (Å²) in [6.07, 6.45) is 6.90. The van der Waals surface area contributed by atoms with Crippen LogP contribution in [0.5, 0.6) is 0 Å². The van der Waals surface area contributed by atoms with E-state index >= 15 is 0 Å². The van der Waals surface area contributed by atoms with Gasteiger partial charge in [-0.25, -0.2) is 0 Å². The van der Waals surface area contributed by atoms with Crippen LogP contribution in [0.15, 0.2) is 0 Å². The Morgan fingerprint density at radius 3 is 1.71 bits per heavy atom. The first-order valence-corrected chi connectivity index (χ1v) is 10.7. The molecule has 0 spiro atoms. The van der Waals surface area contributed by atoms with E-state index in [0.717, 1.165) is 24.6 Å². The van der Waals surface area contributed by atoms with Crippen LogP contribution in [0.3, 0.4) is 0 Å². The van der Waals surface area contributed by atoms with Gasteiger partial charge >= 0.3 is 11.9 Å². The lowest BCUT2D eigenvalue weighted by molar-refractivity contribution is -0.142. The molecule has 28 heavy (non-hydrogen) atoms. The number of carbonyl (C=O) groups excluding carboxylic acids is 1. The van der Waals surface area contributed by atoms with Gasteiger partial charge < -0.3 is 30.3 Å². The lowest BCUT2D eigenvalue weighted by atomic mass is 9.93. The first kappa shape index (κ1) is 29.3. The molecule has 0 aliphatic rings. The van der Waals surface area contributed by atoms with E-state index in [9.17, 15) is 9.59 Å². The Morgan fingerprint density at radius 2 is 1.32 bits per heavy atom. The zero-order chi connectivity index (χ0) is 22.0. The maximum atomic E-state index is 11.6. The van der Waals surface area contributed by atoms with Gasteiger partial charge in [-0.2, -0.15) is 0 Å². The SMILES string of the molecule is CCCCCCCCOC(=O)C(C)SC(C)C(=O)O.OCC(CO)(CO)CO. The number of rotatable bonds is 15. The van der Waals surface area contributed by atoms with Crippen molar-refractivity contribution in [3.8, 4) is 0 Å². The number of aliphatic hydroxyl groups excluding tert-OH is 4. The molecule has 8 nitrogen and oxygen atoms in total. The van der Waals surface area contributed by atoms with E-state index in [1.54, 1.807) is 13.8 Å². The number of esters is 1. The van der Waals surface area contributed by atoms with Crippen LogP contribution >= 0.6 is 11.8 Å². The van der Waals surface area contributed by atoms with E-state index in [1.807, 2.05) is 0 Å². The molecule has 5 N–H and O–H groups in total. The zero-order valence-electron chi connectivity index (χ0n) is 17.3. The molecule has 0 saturated carbocycles. The largest absolute Gasteiger partial charge is 0.480 e. The van der Waals surface area contributed by atoms with Gasteiger partial charge in [0.25, 0.3) is 0 Å². The highest BCUT2D eigenvalue weighted by Gasteiger charge is 2.26. The summed E-state index contributed by atoms with van der Waals surface area (Å²) in [4.78, 5) is 22.3. The Hall–Kier alpha value is -0.870. The second kappa shape index (κ2) is 18.2. The van der Waals surface area contributed by atoms with E-state index < -0.39 is 48.3 Å². The highest BCUT2D eigenvalue weighted by Crippen LogP contribution is 2.19. The summed E-state index contributed by atoms with van der Waals surface area (Å²) in [5, 5.41) is 41.7. The highest BCUT2D eigenvalue weighted by atomic mass is 32.2. The smallest absolute Gasteiger partial charge is 0.318 e. The third kappa shape index (κ3) is 14.2. The van der Waals surface area contributed by atoms with E-state index in [-0.39, 0.29) is 5.97 Å². The van der Waals surface area contributed by atoms with Crippen LogP contribution in [0.1, 0.15) is 59.3 Å². The molecule has 0 aliphatic carbocycles. The molecule has 2 unspecified atom stereocenters. The lowest BCUT2D eigenvalue weighted by Gasteiger charge is -2.23. The number of carboxylic acid groups (broad SMARTS) is 1. The van der Waals surface area contributed by atoms with Crippen molar-refractivity contribution in [1.29, 1.82) is 0 Å². The number of hydrogen-bond donors (Lipinski definition) is 5. The Morgan fingerprint density at radius 1 is 0.857 bits per heavy atom. The van der Waals surface area contributed by atoms with Gasteiger partial charge in [-0.15, -0.1) is 11.8 Å². The monoisotopic (exact) mass is 426 g/mol. The van der Waals surface area contributed by atoms with Crippen molar-refractivity contribution in [2.45, 2.75) is 69.8 Å². The fourth-order valence-corrected chi connectivity index (χ4v) is 2.80. The molecular formula is C19H38O8S. The molecule has 9 heteroatoms. The molecule has 2 atom stereocenters. The highest BCUT2D eigenvalue weighted by molar-refractivity contribution is 8.01. The van der Waals surface area contributed by atoms with Crippen LogP contribution in [-0.2, 0) is 14.3 Å². The van der Waals surface area contributed by atoms with E-state index in [4.69, 9.17) is 30.3 Å². The molecule has 0 bridgehead atoms. The second-order valence-corrected chi connectivity index (χ2v) is 8.51. The van der Waals surface area contributed by atoms with Crippen LogP contribution in [0.4, 0.5) is 0 Å².